The SMILES string of the molecule is Cc1ccc(S(=O)(=O)c2ccc3[nH]cc(Cl)c3c2)cc1. The van der Waals surface area contributed by atoms with Crippen molar-refractivity contribution in [1.29, 1.82) is 0 Å². The molecule has 3 nitrogen and oxygen atoms in total. The molecule has 5 heteroatoms. The molecule has 0 bridgehead atoms. The maximum absolute atomic E-state index is 12.6. The Morgan fingerprint density at radius 3 is 2.35 bits per heavy atom. The second-order valence-electron chi connectivity index (χ2n) is 4.66. The van der Waals surface area contributed by atoms with E-state index in [0.717, 1.165) is 11.1 Å². The summed E-state index contributed by atoms with van der Waals surface area (Å²) >= 11 is 6.04. The van der Waals surface area contributed by atoms with Crippen LogP contribution in [0, 0.1) is 6.92 Å². The van der Waals surface area contributed by atoms with Crippen LogP contribution in [0.1, 0.15) is 5.56 Å². The number of aryl methyl sites for hydroxylation is 1. The topological polar surface area (TPSA) is 49.9 Å². The standard InChI is InChI=1S/C15H12ClNO2S/c1-10-2-4-11(5-3-10)20(18,19)12-6-7-15-13(8-12)14(16)9-17-15/h2-9,17H,1H3. The fraction of sp³-hybridized carbons (Fsp3) is 0.0667. The van der Waals surface area contributed by atoms with Gasteiger partial charge in [0.25, 0.3) is 0 Å². The highest BCUT2D eigenvalue weighted by molar-refractivity contribution is 7.91. The van der Waals surface area contributed by atoms with Crippen LogP contribution < -0.4 is 0 Å². The molecule has 2 aromatic carbocycles. The van der Waals surface area contributed by atoms with Gasteiger partial charge in [0.15, 0.2) is 0 Å². The van der Waals surface area contributed by atoms with Crippen LogP contribution in [0.4, 0.5) is 0 Å². The van der Waals surface area contributed by atoms with Crippen molar-refractivity contribution in [2.75, 3.05) is 0 Å². The fourth-order valence-electron chi connectivity index (χ4n) is 2.09. The zero-order chi connectivity index (χ0) is 14.3. The molecule has 3 aromatic rings. The second-order valence-corrected chi connectivity index (χ2v) is 7.02. The summed E-state index contributed by atoms with van der Waals surface area (Å²) in [5, 5.41) is 1.22. The number of aromatic amines is 1. The first-order valence-corrected chi connectivity index (χ1v) is 7.93. The van der Waals surface area contributed by atoms with Crippen molar-refractivity contribution in [3.63, 3.8) is 0 Å². The molecule has 0 saturated carbocycles. The smallest absolute Gasteiger partial charge is 0.206 e. The van der Waals surface area contributed by atoms with Crippen LogP contribution in [0.5, 0.6) is 0 Å². The van der Waals surface area contributed by atoms with Crippen molar-refractivity contribution in [2.45, 2.75) is 16.7 Å². The first kappa shape index (κ1) is 13.2. The average Bonchev–Trinajstić information content (AvgIpc) is 2.80. The van der Waals surface area contributed by atoms with Crippen LogP contribution >= 0.6 is 11.6 Å². The lowest BCUT2D eigenvalue weighted by Gasteiger charge is -2.05. The molecule has 1 aromatic heterocycles. The summed E-state index contributed by atoms with van der Waals surface area (Å²) in [5.74, 6) is 0. The quantitative estimate of drug-likeness (QED) is 0.779. The number of hydrogen-bond donors (Lipinski definition) is 1. The zero-order valence-electron chi connectivity index (χ0n) is 10.7. The molecule has 0 atom stereocenters. The van der Waals surface area contributed by atoms with Gasteiger partial charge in [0.1, 0.15) is 0 Å². The van der Waals surface area contributed by atoms with Gasteiger partial charge in [-0.25, -0.2) is 8.42 Å². The Balaban J connectivity index is 2.17. The fourth-order valence-corrected chi connectivity index (χ4v) is 3.58. The largest absolute Gasteiger partial charge is 0.360 e. The van der Waals surface area contributed by atoms with Gasteiger partial charge in [-0.1, -0.05) is 29.3 Å². The minimum absolute atomic E-state index is 0.246. The van der Waals surface area contributed by atoms with Crippen molar-refractivity contribution in [3.05, 3.63) is 59.2 Å². The van der Waals surface area contributed by atoms with E-state index in [1.165, 1.54) is 0 Å². The third kappa shape index (κ3) is 2.11. The molecule has 0 unspecified atom stereocenters. The molecule has 1 heterocycles. The molecule has 0 fully saturated rings. The minimum Gasteiger partial charge on any atom is -0.360 e. The molecule has 1 N–H and O–H groups in total. The highest BCUT2D eigenvalue weighted by atomic mass is 35.5. The average molecular weight is 306 g/mol. The van der Waals surface area contributed by atoms with E-state index in [1.807, 2.05) is 6.92 Å². The lowest BCUT2D eigenvalue weighted by atomic mass is 10.2. The Hall–Kier alpha value is -1.78. The first-order chi connectivity index (χ1) is 9.48. The zero-order valence-corrected chi connectivity index (χ0v) is 12.3. The Bertz CT molecular complexity index is 880. The van der Waals surface area contributed by atoms with Gasteiger partial charge in [-0.2, -0.15) is 0 Å². The van der Waals surface area contributed by atoms with E-state index < -0.39 is 9.84 Å². The normalized spacial score (nSPS) is 11.9. The molecular formula is C15H12ClNO2S. The number of H-pyrrole nitrogens is 1. The molecule has 0 aliphatic carbocycles. The molecule has 102 valence electrons. The summed E-state index contributed by atoms with van der Waals surface area (Å²) in [6.07, 6.45) is 1.65. The summed E-state index contributed by atoms with van der Waals surface area (Å²) in [6, 6.07) is 11.7. The molecule has 0 aliphatic rings. The van der Waals surface area contributed by atoms with Gasteiger partial charge < -0.3 is 4.98 Å². The number of benzene rings is 2. The number of nitrogens with one attached hydrogen (secondary N) is 1. The molecule has 0 amide bonds. The van der Waals surface area contributed by atoms with Crippen molar-refractivity contribution in [2.24, 2.45) is 0 Å². The van der Waals surface area contributed by atoms with Gasteiger partial charge in [0.05, 0.1) is 14.8 Å². The molecule has 20 heavy (non-hydrogen) atoms. The maximum atomic E-state index is 12.6. The Morgan fingerprint density at radius 2 is 1.65 bits per heavy atom. The highest BCUT2D eigenvalue weighted by Crippen LogP contribution is 2.28. The summed E-state index contributed by atoms with van der Waals surface area (Å²) in [4.78, 5) is 3.52. The van der Waals surface area contributed by atoms with E-state index in [0.29, 0.717) is 10.4 Å². The van der Waals surface area contributed by atoms with Crippen LogP contribution in [0.25, 0.3) is 10.9 Å². The first-order valence-electron chi connectivity index (χ1n) is 6.07. The van der Waals surface area contributed by atoms with E-state index >= 15 is 0 Å². The van der Waals surface area contributed by atoms with Gasteiger partial charge in [0.2, 0.25) is 9.84 Å². The van der Waals surface area contributed by atoms with E-state index in [9.17, 15) is 8.42 Å². The summed E-state index contributed by atoms with van der Waals surface area (Å²) < 4.78 is 25.1. The number of hydrogen-bond acceptors (Lipinski definition) is 2. The summed E-state index contributed by atoms with van der Waals surface area (Å²) in [5.41, 5.74) is 1.84. The van der Waals surface area contributed by atoms with Gasteiger partial charge in [-0.05, 0) is 37.3 Å². The van der Waals surface area contributed by atoms with E-state index in [-0.39, 0.29) is 9.79 Å². The van der Waals surface area contributed by atoms with E-state index in [4.69, 9.17) is 11.6 Å². The van der Waals surface area contributed by atoms with Crippen LogP contribution in [-0.4, -0.2) is 13.4 Å². The number of aromatic nitrogens is 1. The van der Waals surface area contributed by atoms with Crippen molar-refractivity contribution >= 4 is 32.3 Å². The lowest BCUT2D eigenvalue weighted by molar-refractivity contribution is 0.596. The van der Waals surface area contributed by atoms with Gasteiger partial charge in [-0.15, -0.1) is 0 Å². The van der Waals surface area contributed by atoms with Crippen LogP contribution in [0.3, 0.4) is 0 Å². The number of halogens is 1. The Labute approximate surface area is 122 Å². The number of fused-ring (bicyclic) bond motifs is 1. The predicted molar refractivity (Wildman–Crippen MR) is 79.9 cm³/mol. The molecule has 3 rings (SSSR count). The van der Waals surface area contributed by atoms with Crippen molar-refractivity contribution < 1.29 is 8.42 Å². The second kappa shape index (κ2) is 4.65. The van der Waals surface area contributed by atoms with Gasteiger partial charge in [-0.3, -0.25) is 0 Å². The Kier molecular flexibility index (Phi) is 3.07. The number of sulfone groups is 1. The van der Waals surface area contributed by atoms with Gasteiger partial charge in [0, 0.05) is 17.1 Å². The Morgan fingerprint density at radius 1 is 1.00 bits per heavy atom. The third-order valence-electron chi connectivity index (χ3n) is 3.24. The molecule has 0 saturated heterocycles. The maximum Gasteiger partial charge on any atom is 0.206 e. The van der Waals surface area contributed by atoms with Gasteiger partial charge >= 0.3 is 0 Å². The highest BCUT2D eigenvalue weighted by Gasteiger charge is 2.18. The van der Waals surface area contributed by atoms with Crippen LogP contribution in [0.2, 0.25) is 5.02 Å². The summed E-state index contributed by atoms with van der Waals surface area (Å²) in [7, 11) is -3.51. The van der Waals surface area contributed by atoms with Crippen LogP contribution in [0.15, 0.2) is 58.5 Å². The third-order valence-corrected chi connectivity index (χ3v) is 5.32. The predicted octanol–water partition coefficient (Wildman–Crippen LogP) is 3.96. The van der Waals surface area contributed by atoms with E-state index in [1.54, 1.807) is 48.7 Å². The van der Waals surface area contributed by atoms with Crippen molar-refractivity contribution in [3.8, 4) is 0 Å². The molecule has 0 radical (unpaired) electrons. The number of rotatable bonds is 2. The summed E-state index contributed by atoms with van der Waals surface area (Å²) in [6.45, 7) is 1.92. The minimum atomic E-state index is -3.51. The molecule has 0 spiro atoms. The van der Waals surface area contributed by atoms with E-state index in [2.05, 4.69) is 4.98 Å². The van der Waals surface area contributed by atoms with Crippen molar-refractivity contribution in [1.82, 2.24) is 4.98 Å². The monoisotopic (exact) mass is 305 g/mol. The molecule has 0 aliphatic heterocycles. The lowest BCUT2D eigenvalue weighted by Crippen LogP contribution is -2.01. The van der Waals surface area contributed by atoms with Crippen LogP contribution in [-0.2, 0) is 9.84 Å². The molecular weight excluding hydrogens is 294 g/mol.